The van der Waals surface area contributed by atoms with Gasteiger partial charge in [0.2, 0.25) is 11.8 Å². The fraction of sp³-hybridized carbons (Fsp3) is 0.300. The van der Waals surface area contributed by atoms with E-state index in [0.717, 1.165) is 4.47 Å². The first-order chi connectivity index (χ1) is 7.65. The molecule has 84 valence electrons. The van der Waals surface area contributed by atoms with Gasteiger partial charge >= 0.3 is 0 Å². The van der Waals surface area contributed by atoms with Crippen LogP contribution >= 0.6 is 15.9 Å². The molecule has 2 amide bonds. The molecule has 2 rings (SSSR count). The molecule has 0 spiro atoms. The number of nitrogens with zero attached hydrogens (tertiary/aromatic N) is 1. The zero-order valence-corrected chi connectivity index (χ0v) is 9.95. The summed E-state index contributed by atoms with van der Waals surface area (Å²) in [6.07, 6.45) is 2.54. The Morgan fingerprint density at radius 3 is 3.06 bits per heavy atom. The zero-order valence-electron chi connectivity index (χ0n) is 8.37. The van der Waals surface area contributed by atoms with Crippen LogP contribution in [0.15, 0.2) is 22.8 Å². The number of carbonyl (C=O) groups is 2. The highest BCUT2D eigenvalue weighted by Gasteiger charge is 2.27. The van der Waals surface area contributed by atoms with Gasteiger partial charge in [-0.15, -0.1) is 0 Å². The lowest BCUT2D eigenvalue weighted by molar-refractivity contribution is -0.122. The lowest BCUT2D eigenvalue weighted by atomic mass is 10.2. The number of pyridine rings is 1. The van der Waals surface area contributed by atoms with E-state index in [4.69, 9.17) is 0 Å². The van der Waals surface area contributed by atoms with Crippen LogP contribution in [0.25, 0.3) is 0 Å². The van der Waals surface area contributed by atoms with Crippen molar-refractivity contribution in [1.29, 1.82) is 0 Å². The molecule has 0 aliphatic carbocycles. The van der Waals surface area contributed by atoms with Crippen LogP contribution in [0.1, 0.15) is 12.8 Å². The third-order valence-electron chi connectivity index (χ3n) is 2.29. The molecule has 0 radical (unpaired) electrons. The summed E-state index contributed by atoms with van der Waals surface area (Å²) in [6.45, 7) is 0. The molecule has 5 nitrogen and oxygen atoms in total. The van der Waals surface area contributed by atoms with Crippen molar-refractivity contribution in [3.8, 4) is 0 Å². The fourth-order valence-electron chi connectivity index (χ4n) is 1.50. The molecule has 16 heavy (non-hydrogen) atoms. The molecule has 1 aromatic rings. The van der Waals surface area contributed by atoms with Crippen LogP contribution in [0, 0.1) is 0 Å². The summed E-state index contributed by atoms with van der Waals surface area (Å²) in [5, 5.41) is 5.25. The third-order valence-corrected chi connectivity index (χ3v) is 2.78. The van der Waals surface area contributed by atoms with Gasteiger partial charge in [0.1, 0.15) is 11.9 Å². The van der Waals surface area contributed by atoms with E-state index in [1.165, 1.54) is 0 Å². The minimum absolute atomic E-state index is 0.0812. The van der Waals surface area contributed by atoms with Crippen molar-refractivity contribution in [2.75, 3.05) is 5.32 Å². The normalized spacial score (nSPS) is 19.3. The molecular formula is C10H10BrN3O2. The van der Waals surface area contributed by atoms with E-state index < -0.39 is 6.04 Å². The van der Waals surface area contributed by atoms with Gasteiger partial charge in [-0.3, -0.25) is 9.59 Å². The van der Waals surface area contributed by atoms with Gasteiger partial charge in [0.05, 0.1) is 0 Å². The van der Waals surface area contributed by atoms with Gasteiger partial charge in [-0.2, -0.15) is 0 Å². The average Bonchev–Trinajstić information content (AvgIpc) is 2.65. The van der Waals surface area contributed by atoms with Crippen molar-refractivity contribution in [2.45, 2.75) is 18.9 Å². The Hall–Kier alpha value is -1.43. The standard InChI is InChI=1S/C10H10BrN3O2/c11-6-3-4-12-8(5-6)14-10(16)7-1-2-9(15)13-7/h3-5,7H,1-2H2,(H,13,15)(H,12,14,16)/t7-/m1/s1. The van der Waals surface area contributed by atoms with Crippen molar-refractivity contribution in [1.82, 2.24) is 10.3 Å². The minimum Gasteiger partial charge on any atom is -0.344 e. The first-order valence-electron chi connectivity index (χ1n) is 4.87. The zero-order chi connectivity index (χ0) is 11.5. The predicted octanol–water partition coefficient (Wildman–Crippen LogP) is 1.06. The van der Waals surface area contributed by atoms with E-state index >= 15 is 0 Å². The average molecular weight is 284 g/mol. The quantitative estimate of drug-likeness (QED) is 0.853. The highest BCUT2D eigenvalue weighted by molar-refractivity contribution is 9.10. The second-order valence-electron chi connectivity index (χ2n) is 3.51. The molecule has 1 aromatic heterocycles. The Balaban J connectivity index is 1.99. The van der Waals surface area contributed by atoms with Crippen LogP contribution in [-0.2, 0) is 9.59 Å². The van der Waals surface area contributed by atoms with E-state index in [2.05, 4.69) is 31.5 Å². The number of nitrogens with one attached hydrogen (secondary N) is 2. The molecule has 6 heteroatoms. The maximum Gasteiger partial charge on any atom is 0.248 e. The molecule has 1 atom stereocenters. The molecule has 1 fully saturated rings. The number of amides is 2. The second kappa shape index (κ2) is 4.61. The van der Waals surface area contributed by atoms with E-state index in [1.807, 2.05) is 0 Å². The molecule has 0 aromatic carbocycles. The molecular weight excluding hydrogens is 274 g/mol. The Bertz CT molecular complexity index is 436. The molecule has 1 aliphatic rings. The van der Waals surface area contributed by atoms with E-state index in [-0.39, 0.29) is 11.8 Å². The van der Waals surface area contributed by atoms with Crippen LogP contribution in [0.4, 0.5) is 5.82 Å². The van der Waals surface area contributed by atoms with Gasteiger partial charge in [-0.05, 0) is 18.6 Å². The number of hydrogen-bond donors (Lipinski definition) is 2. The fourth-order valence-corrected chi connectivity index (χ4v) is 1.83. The first kappa shape index (κ1) is 11.1. The Kier molecular flexibility index (Phi) is 3.19. The van der Waals surface area contributed by atoms with E-state index in [9.17, 15) is 9.59 Å². The van der Waals surface area contributed by atoms with Crippen molar-refractivity contribution < 1.29 is 9.59 Å². The van der Waals surface area contributed by atoms with Gasteiger partial charge in [0.15, 0.2) is 0 Å². The highest BCUT2D eigenvalue weighted by atomic mass is 79.9. The Labute approximate surface area is 101 Å². The van der Waals surface area contributed by atoms with Gasteiger partial charge in [-0.25, -0.2) is 4.98 Å². The van der Waals surface area contributed by atoms with Crippen LogP contribution in [0.3, 0.4) is 0 Å². The predicted molar refractivity (Wildman–Crippen MR) is 61.7 cm³/mol. The van der Waals surface area contributed by atoms with Gasteiger partial charge in [0.25, 0.3) is 0 Å². The van der Waals surface area contributed by atoms with Crippen molar-refractivity contribution in [2.24, 2.45) is 0 Å². The Morgan fingerprint density at radius 2 is 2.44 bits per heavy atom. The van der Waals surface area contributed by atoms with Crippen molar-refractivity contribution in [3.05, 3.63) is 22.8 Å². The maximum atomic E-state index is 11.7. The molecule has 0 unspecified atom stereocenters. The maximum absolute atomic E-state index is 11.7. The summed E-state index contributed by atoms with van der Waals surface area (Å²) >= 11 is 3.28. The summed E-state index contributed by atoms with van der Waals surface area (Å²) in [7, 11) is 0. The topological polar surface area (TPSA) is 71.1 Å². The smallest absolute Gasteiger partial charge is 0.248 e. The molecule has 0 bridgehead atoms. The van der Waals surface area contributed by atoms with E-state index in [0.29, 0.717) is 18.7 Å². The first-order valence-corrected chi connectivity index (χ1v) is 5.66. The summed E-state index contributed by atoms with van der Waals surface area (Å²) in [4.78, 5) is 26.6. The number of rotatable bonds is 2. The van der Waals surface area contributed by atoms with Gasteiger partial charge < -0.3 is 10.6 Å². The van der Waals surface area contributed by atoms with Crippen LogP contribution in [0.5, 0.6) is 0 Å². The van der Waals surface area contributed by atoms with Crippen LogP contribution in [-0.4, -0.2) is 22.8 Å². The largest absolute Gasteiger partial charge is 0.344 e. The second-order valence-corrected chi connectivity index (χ2v) is 4.42. The highest BCUT2D eigenvalue weighted by Crippen LogP contribution is 2.14. The number of halogens is 1. The van der Waals surface area contributed by atoms with Crippen LogP contribution < -0.4 is 10.6 Å². The van der Waals surface area contributed by atoms with Crippen molar-refractivity contribution in [3.63, 3.8) is 0 Å². The van der Waals surface area contributed by atoms with Gasteiger partial charge in [-0.1, -0.05) is 15.9 Å². The number of carbonyl (C=O) groups excluding carboxylic acids is 2. The Morgan fingerprint density at radius 1 is 1.62 bits per heavy atom. The van der Waals surface area contributed by atoms with Gasteiger partial charge in [0, 0.05) is 17.1 Å². The minimum atomic E-state index is -0.437. The van der Waals surface area contributed by atoms with Crippen LogP contribution in [0.2, 0.25) is 0 Å². The molecule has 2 N–H and O–H groups in total. The number of aromatic nitrogens is 1. The summed E-state index contributed by atoms with van der Waals surface area (Å²) in [6, 6.07) is 3.04. The van der Waals surface area contributed by atoms with Crippen molar-refractivity contribution >= 4 is 33.6 Å². The summed E-state index contributed by atoms with van der Waals surface area (Å²) in [5.41, 5.74) is 0. The third kappa shape index (κ3) is 2.57. The summed E-state index contributed by atoms with van der Waals surface area (Å²) in [5.74, 6) is 0.166. The molecule has 1 saturated heterocycles. The number of hydrogen-bond acceptors (Lipinski definition) is 3. The molecule has 0 saturated carbocycles. The van der Waals surface area contributed by atoms with E-state index in [1.54, 1.807) is 18.3 Å². The lowest BCUT2D eigenvalue weighted by Crippen LogP contribution is -2.37. The SMILES string of the molecule is O=C1CC[C@H](C(=O)Nc2cc(Br)ccn2)N1. The number of anilines is 1. The summed E-state index contributed by atoms with van der Waals surface area (Å²) < 4.78 is 0.841. The molecule has 2 heterocycles. The monoisotopic (exact) mass is 283 g/mol. The molecule has 1 aliphatic heterocycles. The lowest BCUT2D eigenvalue weighted by Gasteiger charge is -2.10.